The predicted molar refractivity (Wildman–Crippen MR) is 83.2 cm³/mol. The second-order valence-electron chi connectivity index (χ2n) is 4.92. The third-order valence-corrected chi connectivity index (χ3v) is 3.71. The number of hydrogen-bond acceptors (Lipinski definition) is 2. The maximum Gasteiger partial charge on any atom is 0.164 e. The summed E-state index contributed by atoms with van der Waals surface area (Å²) in [5.74, 6) is -1.60. The number of aryl methyl sites for hydroxylation is 1. The number of nitrogens with one attached hydrogen (secondary N) is 1. The fourth-order valence-corrected chi connectivity index (χ4v) is 2.55. The van der Waals surface area contributed by atoms with Crippen molar-refractivity contribution in [2.45, 2.75) is 26.3 Å². The van der Waals surface area contributed by atoms with E-state index in [1.54, 1.807) is 31.5 Å². The molecule has 1 aromatic heterocycles. The second-order valence-corrected chi connectivity index (χ2v) is 5.84. The van der Waals surface area contributed by atoms with E-state index >= 15 is 0 Å². The topological polar surface area (TPSA) is 24.9 Å². The zero-order valence-corrected chi connectivity index (χ0v) is 13.5. The number of hydrogen-bond donors (Lipinski definition) is 1. The first-order chi connectivity index (χ1) is 10.0. The Morgan fingerprint density at radius 3 is 2.67 bits per heavy atom. The van der Waals surface area contributed by atoms with Gasteiger partial charge in [-0.2, -0.15) is 0 Å². The lowest BCUT2D eigenvalue weighted by atomic mass is 9.98. The summed E-state index contributed by atoms with van der Waals surface area (Å²) in [7, 11) is 0. The zero-order chi connectivity index (χ0) is 15.4. The van der Waals surface area contributed by atoms with Gasteiger partial charge < -0.3 is 5.32 Å². The molecule has 2 aromatic rings. The molecule has 0 radical (unpaired) electrons. The van der Waals surface area contributed by atoms with Crippen LogP contribution in [-0.2, 0) is 0 Å². The van der Waals surface area contributed by atoms with Crippen LogP contribution in [0.2, 0.25) is 0 Å². The van der Waals surface area contributed by atoms with Crippen LogP contribution in [-0.4, -0.2) is 11.5 Å². The Balaban J connectivity index is 2.48. The van der Waals surface area contributed by atoms with Crippen LogP contribution in [0, 0.1) is 18.6 Å². The molecule has 0 saturated heterocycles. The Morgan fingerprint density at radius 1 is 1.24 bits per heavy atom. The van der Waals surface area contributed by atoms with Gasteiger partial charge in [-0.3, -0.25) is 4.98 Å². The minimum absolute atomic E-state index is 0.298. The average Bonchev–Trinajstić information content (AvgIpc) is 2.47. The van der Waals surface area contributed by atoms with Gasteiger partial charge in [-0.05, 0) is 53.0 Å². The fourth-order valence-electron chi connectivity index (χ4n) is 2.17. The van der Waals surface area contributed by atoms with Gasteiger partial charge >= 0.3 is 0 Å². The molecule has 0 bridgehead atoms. The summed E-state index contributed by atoms with van der Waals surface area (Å²) in [4.78, 5) is 4.11. The number of aromatic nitrogens is 1. The van der Waals surface area contributed by atoms with Gasteiger partial charge in [-0.25, -0.2) is 8.78 Å². The molecule has 1 N–H and O–H groups in total. The summed E-state index contributed by atoms with van der Waals surface area (Å²) >= 11 is 3.36. The summed E-state index contributed by atoms with van der Waals surface area (Å²) < 4.78 is 28.9. The van der Waals surface area contributed by atoms with Crippen LogP contribution in [0.15, 0.2) is 35.1 Å². The van der Waals surface area contributed by atoms with Crippen molar-refractivity contribution in [2.75, 3.05) is 6.54 Å². The van der Waals surface area contributed by atoms with Crippen LogP contribution in [0.1, 0.15) is 36.1 Å². The van der Waals surface area contributed by atoms with E-state index in [9.17, 15) is 8.78 Å². The molecular formula is C16H17BrF2N2. The lowest BCUT2D eigenvalue weighted by molar-refractivity contribution is 0.476. The Bertz CT molecular complexity index is 632. The van der Waals surface area contributed by atoms with Gasteiger partial charge in [-0.1, -0.05) is 19.1 Å². The zero-order valence-electron chi connectivity index (χ0n) is 12.0. The summed E-state index contributed by atoms with van der Waals surface area (Å²) in [5.41, 5.74) is 1.39. The van der Waals surface area contributed by atoms with Crippen LogP contribution in [0.3, 0.4) is 0 Å². The highest BCUT2D eigenvalue weighted by Gasteiger charge is 2.21. The molecule has 2 nitrogen and oxygen atoms in total. The number of benzene rings is 1. The summed E-state index contributed by atoms with van der Waals surface area (Å²) in [6.07, 6.45) is 4.22. The molecule has 1 atom stereocenters. The molecule has 1 unspecified atom stereocenters. The van der Waals surface area contributed by atoms with Gasteiger partial charge in [0.2, 0.25) is 0 Å². The Labute approximate surface area is 131 Å². The lowest BCUT2D eigenvalue weighted by Gasteiger charge is -2.20. The van der Waals surface area contributed by atoms with Gasteiger partial charge in [0, 0.05) is 22.4 Å². The van der Waals surface area contributed by atoms with E-state index in [0.29, 0.717) is 17.7 Å². The van der Waals surface area contributed by atoms with Crippen molar-refractivity contribution >= 4 is 15.9 Å². The number of halogens is 3. The number of rotatable bonds is 5. The first kappa shape index (κ1) is 16.0. The average molecular weight is 355 g/mol. The first-order valence-corrected chi connectivity index (χ1v) is 7.62. The van der Waals surface area contributed by atoms with Crippen molar-refractivity contribution in [1.82, 2.24) is 10.3 Å². The predicted octanol–water partition coefficient (Wildman–Crippen LogP) is 4.52. The van der Waals surface area contributed by atoms with Gasteiger partial charge in [0.15, 0.2) is 11.6 Å². The molecule has 0 aliphatic carbocycles. The van der Waals surface area contributed by atoms with Crippen LogP contribution in [0.4, 0.5) is 8.78 Å². The van der Waals surface area contributed by atoms with Gasteiger partial charge in [0.05, 0.1) is 6.04 Å². The molecule has 0 fully saturated rings. The second kappa shape index (κ2) is 7.09. The van der Waals surface area contributed by atoms with E-state index in [1.165, 1.54) is 0 Å². The SMILES string of the molecule is CCCNC(c1cncc(Br)c1)c1ccc(C)c(F)c1F. The third-order valence-electron chi connectivity index (χ3n) is 3.27. The molecule has 0 aliphatic rings. The van der Waals surface area contributed by atoms with Gasteiger partial charge in [0.1, 0.15) is 0 Å². The molecule has 2 rings (SSSR count). The van der Waals surface area contributed by atoms with Crippen LogP contribution in [0.25, 0.3) is 0 Å². The molecule has 0 spiro atoms. The maximum atomic E-state index is 14.3. The molecular weight excluding hydrogens is 338 g/mol. The third kappa shape index (κ3) is 3.66. The van der Waals surface area contributed by atoms with Crippen molar-refractivity contribution in [1.29, 1.82) is 0 Å². The molecule has 0 amide bonds. The van der Waals surface area contributed by atoms with Gasteiger partial charge in [-0.15, -0.1) is 0 Å². The maximum absolute atomic E-state index is 14.3. The highest BCUT2D eigenvalue weighted by molar-refractivity contribution is 9.10. The summed E-state index contributed by atoms with van der Waals surface area (Å²) in [5, 5.41) is 3.25. The first-order valence-electron chi connectivity index (χ1n) is 6.83. The van der Waals surface area contributed by atoms with Crippen LogP contribution < -0.4 is 5.32 Å². The lowest BCUT2D eigenvalue weighted by Crippen LogP contribution is -2.24. The van der Waals surface area contributed by atoms with E-state index < -0.39 is 17.7 Å². The molecule has 1 aromatic carbocycles. The Kier molecular flexibility index (Phi) is 5.42. The van der Waals surface area contributed by atoms with Crippen molar-refractivity contribution in [3.8, 4) is 0 Å². The molecule has 1 heterocycles. The Morgan fingerprint density at radius 2 is 2.00 bits per heavy atom. The van der Waals surface area contributed by atoms with Crippen molar-refractivity contribution in [3.05, 3.63) is 63.4 Å². The van der Waals surface area contributed by atoms with E-state index in [2.05, 4.69) is 26.2 Å². The quantitative estimate of drug-likeness (QED) is 0.853. The van der Waals surface area contributed by atoms with E-state index in [0.717, 1.165) is 16.5 Å². The monoisotopic (exact) mass is 354 g/mol. The Hall–Kier alpha value is -1.33. The molecule has 0 saturated carbocycles. The standard InChI is InChI=1S/C16H17BrF2N2/c1-3-6-21-16(11-7-12(17)9-20-8-11)13-5-4-10(2)14(18)15(13)19/h4-5,7-9,16,21H,3,6H2,1-2H3. The molecule has 5 heteroatoms. The van der Waals surface area contributed by atoms with Gasteiger partial charge in [0.25, 0.3) is 0 Å². The summed E-state index contributed by atoms with van der Waals surface area (Å²) in [6.45, 7) is 4.28. The minimum Gasteiger partial charge on any atom is -0.306 e. The minimum atomic E-state index is -0.802. The van der Waals surface area contributed by atoms with Crippen molar-refractivity contribution < 1.29 is 8.78 Å². The van der Waals surface area contributed by atoms with Crippen LogP contribution >= 0.6 is 15.9 Å². The molecule has 112 valence electrons. The van der Waals surface area contributed by atoms with Crippen LogP contribution in [0.5, 0.6) is 0 Å². The number of pyridine rings is 1. The van der Waals surface area contributed by atoms with E-state index in [4.69, 9.17) is 0 Å². The normalized spacial score (nSPS) is 12.4. The highest BCUT2D eigenvalue weighted by atomic mass is 79.9. The van der Waals surface area contributed by atoms with Crippen molar-refractivity contribution in [2.24, 2.45) is 0 Å². The molecule has 0 aliphatic heterocycles. The fraction of sp³-hybridized carbons (Fsp3) is 0.312. The number of nitrogens with zero attached hydrogens (tertiary/aromatic N) is 1. The van der Waals surface area contributed by atoms with E-state index in [1.807, 2.05) is 13.0 Å². The highest BCUT2D eigenvalue weighted by Crippen LogP contribution is 2.28. The smallest absolute Gasteiger partial charge is 0.164 e. The van der Waals surface area contributed by atoms with E-state index in [-0.39, 0.29) is 0 Å². The molecule has 21 heavy (non-hydrogen) atoms. The summed E-state index contributed by atoms with van der Waals surface area (Å²) in [6, 6.07) is 4.66. The largest absolute Gasteiger partial charge is 0.306 e. The van der Waals surface area contributed by atoms with Crippen molar-refractivity contribution in [3.63, 3.8) is 0 Å².